The molecule has 0 saturated heterocycles. The summed E-state index contributed by atoms with van der Waals surface area (Å²) in [7, 11) is 0. The van der Waals surface area contributed by atoms with Crippen molar-refractivity contribution in [2.24, 2.45) is 0 Å². The van der Waals surface area contributed by atoms with E-state index in [2.05, 4.69) is 47.7 Å². The predicted octanol–water partition coefficient (Wildman–Crippen LogP) is 3.82. The molecular weight excluding hydrogens is 248 g/mol. The molecule has 0 radical (unpaired) electrons. The fourth-order valence-electron chi connectivity index (χ4n) is 2.90. The summed E-state index contributed by atoms with van der Waals surface area (Å²) in [5.74, 6) is 1.47. The van der Waals surface area contributed by atoms with Crippen molar-refractivity contribution >= 4 is 6.29 Å². The van der Waals surface area contributed by atoms with Gasteiger partial charge in [0.15, 0.2) is 6.29 Å². The molecule has 1 aliphatic heterocycles. The van der Waals surface area contributed by atoms with Crippen LogP contribution in [0.15, 0.2) is 24.3 Å². The molecule has 0 bridgehead atoms. The SMILES string of the molecule is CC(C)c1ccc(-c2nc(C=O)c3n2CCCC3)cc1. The summed E-state index contributed by atoms with van der Waals surface area (Å²) in [6.45, 7) is 5.35. The lowest BCUT2D eigenvalue weighted by Crippen LogP contribution is -2.11. The molecule has 0 saturated carbocycles. The Hall–Kier alpha value is -1.90. The van der Waals surface area contributed by atoms with Crippen LogP contribution in [0.2, 0.25) is 0 Å². The molecule has 1 aromatic carbocycles. The van der Waals surface area contributed by atoms with E-state index in [4.69, 9.17) is 0 Å². The van der Waals surface area contributed by atoms with Crippen LogP contribution in [0.4, 0.5) is 0 Å². The maximum atomic E-state index is 11.2. The van der Waals surface area contributed by atoms with Crippen molar-refractivity contribution in [2.45, 2.75) is 45.6 Å². The number of carbonyl (C=O) groups is 1. The number of carbonyl (C=O) groups excluding carboxylic acids is 1. The van der Waals surface area contributed by atoms with Gasteiger partial charge in [0.25, 0.3) is 0 Å². The topological polar surface area (TPSA) is 34.9 Å². The standard InChI is InChI=1S/C17H20N2O/c1-12(2)13-6-8-14(9-7-13)17-18-15(11-20)16-5-3-4-10-19(16)17/h6-9,11-12H,3-5,10H2,1-2H3. The molecule has 0 amide bonds. The zero-order valence-corrected chi connectivity index (χ0v) is 12.1. The van der Waals surface area contributed by atoms with E-state index in [1.54, 1.807) is 0 Å². The van der Waals surface area contributed by atoms with Crippen LogP contribution in [0.25, 0.3) is 11.4 Å². The molecule has 0 unspecified atom stereocenters. The minimum atomic E-state index is 0.531. The maximum Gasteiger partial charge on any atom is 0.170 e. The molecule has 0 fully saturated rings. The highest BCUT2D eigenvalue weighted by molar-refractivity contribution is 5.76. The molecule has 2 aromatic rings. The summed E-state index contributed by atoms with van der Waals surface area (Å²) in [5.41, 5.74) is 4.15. The second-order valence-electron chi connectivity index (χ2n) is 5.77. The Morgan fingerprint density at radius 1 is 1.20 bits per heavy atom. The average Bonchev–Trinajstić information content (AvgIpc) is 2.86. The van der Waals surface area contributed by atoms with Gasteiger partial charge >= 0.3 is 0 Å². The lowest BCUT2D eigenvalue weighted by molar-refractivity contribution is 0.111. The Morgan fingerprint density at radius 2 is 1.95 bits per heavy atom. The molecule has 3 nitrogen and oxygen atoms in total. The van der Waals surface area contributed by atoms with E-state index in [1.165, 1.54) is 12.0 Å². The monoisotopic (exact) mass is 268 g/mol. The van der Waals surface area contributed by atoms with Gasteiger partial charge < -0.3 is 4.57 Å². The lowest BCUT2D eigenvalue weighted by Gasteiger charge is -2.17. The Morgan fingerprint density at radius 3 is 2.60 bits per heavy atom. The van der Waals surface area contributed by atoms with Crippen molar-refractivity contribution < 1.29 is 4.79 Å². The molecule has 3 rings (SSSR count). The number of fused-ring (bicyclic) bond motifs is 1. The van der Waals surface area contributed by atoms with Gasteiger partial charge in [0.2, 0.25) is 0 Å². The van der Waals surface area contributed by atoms with E-state index in [1.807, 2.05) is 0 Å². The fraction of sp³-hybridized carbons (Fsp3) is 0.412. The van der Waals surface area contributed by atoms with Gasteiger partial charge in [0.05, 0.1) is 0 Å². The summed E-state index contributed by atoms with van der Waals surface area (Å²) in [4.78, 5) is 15.7. The molecule has 0 N–H and O–H groups in total. The van der Waals surface area contributed by atoms with Gasteiger partial charge in [0.1, 0.15) is 11.5 Å². The summed E-state index contributed by atoms with van der Waals surface area (Å²) in [6, 6.07) is 8.55. The van der Waals surface area contributed by atoms with Crippen molar-refractivity contribution in [1.29, 1.82) is 0 Å². The number of rotatable bonds is 3. The number of aldehydes is 1. The van der Waals surface area contributed by atoms with Gasteiger partial charge in [-0.3, -0.25) is 4.79 Å². The Kier molecular flexibility index (Phi) is 3.43. The number of benzene rings is 1. The van der Waals surface area contributed by atoms with Crippen molar-refractivity contribution in [1.82, 2.24) is 9.55 Å². The van der Waals surface area contributed by atoms with Crippen LogP contribution in [0.1, 0.15) is 54.4 Å². The molecular formula is C17H20N2O. The van der Waals surface area contributed by atoms with Gasteiger partial charge in [-0.15, -0.1) is 0 Å². The largest absolute Gasteiger partial charge is 0.327 e. The highest BCUT2D eigenvalue weighted by Gasteiger charge is 2.20. The molecule has 0 spiro atoms. The molecule has 20 heavy (non-hydrogen) atoms. The van der Waals surface area contributed by atoms with E-state index in [-0.39, 0.29) is 0 Å². The first-order valence-electron chi connectivity index (χ1n) is 7.35. The second-order valence-corrected chi connectivity index (χ2v) is 5.77. The minimum Gasteiger partial charge on any atom is -0.327 e. The Bertz CT molecular complexity index is 623. The molecule has 0 aliphatic carbocycles. The lowest BCUT2D eigenvalue weighted by atomic mass is 10.0. The molecule has 104 valence electrons. The van der Waals surface area contributed by atoms with Gasteiger partial charge in [-0.1, -0.05) is 38.1 Å². The summed E-state index contributed by atoms with van der Waals surface area (Å²) in [6.07, 6.45) is 4.17. The number of hydrogen-bond acceptors (Lipinski definition) is 2. The van der Waals surface area contributed by atoms with Crippen LogP contribution >= 0.6 is 0 Å². The van der Waals surface area contributed by atoms with Crippen molar-refractivity contribution in [3.05, 3.63) is 41.2 Å². The number of hydrogen-bond donors (Lipinski definition) is 0. The average molecular weight is 268 g/mol. The first-order chi connectivity index (χ1) is 9.70. The normalized spacial score (nSPS) is 14.3. The van der Waals surface area contributed by atoms with Crippen LogP contribution in [0, 0.1) is 0 Å². The third kappa shape index (κ3) is 2.17. The van der Waals surface area contributed by atoms with E-state index in [9.17, 15) is 4.79 Å². The number of aromatic nitrogens is 2. The van der Waals surface area contributed by atoms with Crippen LogP contribution in [0.5, 0.6) is 0 Å². The minimum absolute atomic E-state index is 0.531. The quantitative estimate of drug-likeness (QED) is 0.793. The van der Waals surface area contributed by atoms with Crippen molar-refractivity contribution in [3.8, 4) is 11.4 Å². The van der Waals surface area contributed by atoms with E-state index >= 15 is 0 Å². The third-order valence-corrected chi connectivity index (χ3v) is 4.10. The summed E-state index contributed by atoms with van der Waals surface area (Å²) >= 11 is 0. The van der Waals surface area contributed by atoms with Gasteiger partial charge in [-0.2, -0.15) is 0 Å². The summed E-state index contributed by atoms with van der Waals surface area (Å²) in [5, 5.41) is 0. The van der Waals surface area contributed by atoms with Gasteiger partial charge in [0, 0.05) is 17.8 Å². The van der Waals surface area contributed by atoms with Crippen molar-refractivity contribution in [3.63, 3.8) is 0 Å². The highest BCUT2D eigenvalue weighted by Crippen LogP contribution is 2.28. The van der Waals surface area contributed by atoms with Crippen LogP contribution in [-0.4, -0.2) is 15.8 Å². The van der Waals surface area contributed by atoms with Crippen LogP contribution in [0.3, 0.4) is 0 Å². The molecule has 2 heterocycles. The van der Waals surface area contributed by atoms with Gasteiger partial charge in [-0.05, 0) is 30.7 Å². The van der Waals surface area contributed by atoms with E-state index in [0.717, 1.165) is 42.8 Å². The zero-order chi connectivity index (χ0) is 14.1. The summed E-state index contributed by atoms with van der Waals surface area (Å²) < 4.78 is 2.22. The first-order valence-corrected chi connectivity index (χ1v) is 7.35. The Balaban J connectivity index is 2.05. The molecule has 1 aromatic heterocycles. The van der Waals surface area contributed by atoms with E-state index < -0.39 is 0 Å². The maximum absolute atomic E-state index is 11.2. The smallest absolute Gasteiger partial charge is 0.170 e. The van der Waals surface area contributed by atoms with E-state index in [0.29, 0.717) is 11.6 Å². The number of nitrogens with zero attached hydrogens (tertiary/aromatic N) is 2. The zero-order valence-electron chi connectivity index (χ0n) is 12.1. The first kappa shape index (κ1) is 13.1. The van der Waals surface area contributed by atoms with Crippen LogP contribution in [-0.2, 0) is 13.0 Å². The third-order valence-electron chi connectivity index (χ3n) is 4.10. The Labute approximate surface area is 119 Å². The molecule has 0 atom stereocenters. The highest BCUT2D eigenvalue weighted by atomic mass is 16.1. The molecule has 3 heteroatoms. The number of imidazole rings is 1. The fourth-order valence-corrected chi connectivity index (χ4v) is 2.90. The molecule has 1 aliphatic rings. The predicted molar refractivity (Wildman–Crippen MR) is 80.1 cm³/mol. The second kappa shape index (κ2) is 5.23. The van der Waals surface area contributed by atoms with Gasteiger partial charge in [-0.25, -0.2) is 4.98 Å². The van der Waals surface area contributed by atoms with Crippen LogP contribution < -0.4 is 0 Å². The van der Waals surface area contributed by atoms with Crippen molar-refractivity contribution in [2.75, 3.05) is 0 Å².